The molecule has 0 amide bonds. The van der Waals surface area contributed by atoms with Crippen molar-refractivity contribution in [1.29, 1.82) is 0 Å². The number of benzene rings is 2. The van der Waals surface area contributed by atoms with Crippen LogP contribution in [0.3, 0.4) is 0 Å². The number of likely N-dealkylation sites (tertiary alicyclic amines) is 1. The van der Waals surface area contributed by atoms with Crippen molar-refractivity contribution in [2.45, 2.75) is 71.4 Å². The normalized spacial score (nSPS) is 16.3. The van der Waals surface area contributed by atoms with Gasteiger partial charge < -0.3 is 9.30 Å². The van der Waals surface area contributed by atoms with Crippen LogP contribution in [0.15, 0.2) is 48.5 Å². The molecule has 1 saturated heterocycles. The Kier molecular flexibility index (Phi) is 7.63. The summed E-state index contributed by atoms with van der Waals surface area (Å²) in [5, 5.41) is 0. The van der Waals surface area contributed by atoms with E-state index in [-0.39, 0.29) is 0 Å². The van der Waals surface area contributed by atoms with Crippen LogP contribution in [0.1, 0.15) is 69.8 Å². The van der Waals surface area contributed by atoms with Crippen LogP contribution < -0.4 is 4.74 Å². The van der Waals surface area contributed by atoms with Crippen LogP contribution in [0.2, 0.25) is 0 Å². The maximum absolute atomic E-state index is 5.97. The standard InChI is InChI=1S/C27H37N3O/c1-3-23-14-16-24(17-15-23)31-21-11-10-20-30-26-13-7-6-12-25(26)28-27(30)22(2)29-18-8-4-5-9-19-29/h6-7,12-17,22H,3-5,8-11,18-21H2,1-2H3. The van der Waals surface area contributed by atoms with Gasteiger partial charge >= 0.3 is 0 Å². The average molecular weight is 420 g/mol. The van der Waals surface area contributed by atoms with Gasteiger partial charge in [-0.1, -0.05) is 44.0 Å². The van der Waals surface area contributed by atoms with E-state index in [1.54, 1.807) is 0 Å². The Morgan fingerprint density at radius 1 is 0.935 bits per heavy atom. The van der Waals surface area contributed by atoms with Crippen LogP contribution in [0.25, 0.3) is 11.0 Å². The Morgan fingerprint density at radius 2 is 1.68 bits per heavy atom. The number of aromatic nitrogens is 2. The highest BCUT2D eigenvalue weighted by Crippen LogP contribution is 2.27. The number of ether oxygens (including phenoxy) is 1. The minimum absolute atomic E-state index is 0.360. The Balaban J connectivity index is 1.39. The summed E-state index contributed by atoms with van der Waals surface area (Å²) in [6.07, 6.45) is 8.54. The predicted molar refractivity (Wildman–Crippen MR) is 129 cm³/mol. The van der Waals surface area contributed by atoms with Gasteiger partial charge in [0.05, 0.1) is 23.7 Å². The number of imidazole rings is 1. The van der Waals surface area contributed by atoms with Crippen LogP contribution in [0.4, 0.5) is 0 Å². The topological polar surface area (TPSA) is 30.3 Å². The zero-order valence-electron chi connectivity index (χ0n) is 19.2. The van der Waals surface area contributed by atoms with Gasteiger partial charge in [-0.3, -0.25) is 4.90 Å². The van der Waals surface area contributed by atoms with E-state index < -0.39 is 0 Å². The smallest absolute Gasteiger partial charge is 0.127 e. The van der Waals surface area contributed by atoms with Gasteiger partial charge in [0.25, 0.3) is 0 Å². The van der Waals surface area contributed by atoms with E-state index in [2.05, 4.69) is 71.8 Å². The molecule has 4 rings (SSSR count). The number of para-hydroxylation sites is 2. The molecule has 1 aliphatic rings. The summed E-state index contributed by atoms with van der Waals surface area (Å²) in [6, 6.07) is 17.4. The van der Waals surface area contributed by atoms with Crippen molar-refractivity contribution in [1.82, 2.24) is 14.5 Å². The molecule has 31 heavy (non-hydrogen) atoms. The van der Waals surface area contributed by atoms with Crippen molar-refractivity contribution in [3.05, 3.63) is 59.9 Å². The van der Waals surface area contributed by atoms with Crippen molar-refractivity contribution < 1.29 is 4.74 Å². The minimum atomic E-state index is 0.360. The number of hydrogen-bond donors (Lipinski definition) is 0. The molecule has 3 aromatic rings. The zero-order valence-corrected chi connectivity index (χ0v) is 19.2. The van der Waals surface area contributed by atoms with Gasteiger partial charge in [-0.05, 0) is 81.9 Å². The summed E-state index contributed by atoms with van der Waals surface area (Å²) in [5.41, 5.74) is 3.73. The Labute approximate surface area is 187 Å². The molecule has 0 aliphatic carbocycles. The van der Waals surface area contributed by atoms with Gasteiger partial charge in [0.1, 0.15) is 11.6 Å². The molecule has 2 heterocycles. The summed E-state index contributed by atoms with van der Waals surface area (Å²) in [4.78, 5) is 7.70. The second kappa shape index (κ2) is 10.8. The molecule has 4 heteroatoms. The molecule has 1 fully saturated rings. The largest absolute Gasteiger partial charge is 0.494 e. The molecule has 166 valence electrons. The van der Waals surface area contributed by atoms with Gasteiger partial charge in [-0.2, -0.15) is 0 Å². The number of hydrogen-bond acceptors (Lipinski definition) is 3. The second-order valence-electron chi connectivity index (χ2n) is 8.79. The quantitative estimate of drug-likeness (QED) is 0.376. The average Bonchev–Trinajstić information content (AvgIpc) is 2.97. The van der Waals surface area contributed by atoms with Crippen molar-refractivity contribution in [3.63, 3.8) is 0 Å². The molecule has 4 nitrogen and oxygen atoms in total. The molecule has 1 atom stereocenters. The fraction of sp³-hybridized carbons (Fsp3) is 0.519. The molecule has 0 saturated carbocycles. The number of unbranched alkanes of at least 4 members (excludes halogenated alkanes) is 1. The van der Waals surface area contributed by atoms with Gasteiger partial charge in [0, 0.05) is 6.54 Å². The number of fused-ring (bicyclic) bond motifs is 1. The highest BCUT2D eigenvalue weighted by molar-refractivity contribution is 5.76. The van der Waals surface area contributed by atoms with E-state index in [1.165, 1.54) is 55.7 Å². The van der Waals surface area contributed by atoms with E-state index in [4.69, 9.17) is 9.72 Å². The second-order valence-corrected chi connectivity index (χ2v) is 8.79. The van der Waals surface area contributed by atoms with Crippen LogP contribution in [-0.2, 0) is 13.0 Å². The molecule has 0 N–H and O–H groups in total. The third-order valence-corrected chi connectivity index (χ3v) is 6.62. The van der Waals surface area contributed by atoms with Crippen LogP contribution >= 0.6 is 0 Å². The highest BCUT2D eigenvalue weighted by atomic mass is 16.5. The van der Waals surface area contributed by atoms with Gasteiger partial charge in [-0.25, -0.2) is 4.98 Å². The number of nitrogens with zero attached hydrogens (tertiary/aromatic N) is 3. The molecule has 1 aliphatic heterocycles. The summed E-state index contributed by atoms with van der Waals surface area (Å²) in [6.45, 7) is 8.65. The fourth-order valence-electron chi connectivity index (χ4n) is 4.68. The van der Waals surface area contributed by atoms with E-state index >= 15 is 0 Å². The van der Waals surface area contributed by atoms with Crippen molar-refractivity contribution >= 4 is 11.0 Å². The first kappa shape index (κ1) is 21.9. The molecular formula is C27H37N3O. The van der Waals surface area contributed by atoms with E-state index in [9.17, 15) is 0 Å². The number of rotatable bonds is 9. The Morgan fingerprint density at radius 3 is 2.42 bits per heavy atom. The predicted octanol–water partition coefficient (Wildman–Crippen LogP) is 6.39. The van der Waals surface area contributed by atoms with Crippen molar-refractivity contribution in [2.75, 3.05) is 19.7 Å². The Hall–Kier alpha value is -2.33. The monoisotopic (exact) mass is 419 g/mol. The molecular weight excluding hydrogens is 382 g/mol. The minimum Gasteiger partial charge on any atom is -0.494 e. The maximum Gasteiger partial charge on any atom is 0.127 e. The van der Waals surface area contributed by atoms with Crippen LogP contribution in [0, 0.1) is 0 Å². The van der Waals surface area contributed by atoms with Gasteiger partial charge in [0.15, 0.2) is 0 Å². The van der Waals surface area contributed by atoms with Gasteiger partial charge in [0.2, 0.25) is 0 Å². The van der Waals surface area contributed by atoms with E-state index in [0.717, 1.165) is 43.7 Å². The Bertz CT molecular complexity index is 939. The SMILES string of the molecule is CCc1ccc(OCCCCn2c(C(C)N3CCCCCC3)nc3ccccc32)cc1. The lowest BCUT2D eigenvalue weighted by molar-refractivity contribution is 0.207. The van der Waals surface area contributed by atoms with E-state index in [1.807, 2.05) is 0 Å². The molecule has 0 bridgehead atoms. The lowest BCUT2D eigenvalue weighted by Gasteiger charge is -2.27. The van der Waals surface area contributed by atoms with Crippen LogP contribution in [-0.4, -0.2) is 34.1 Å². The summed E-state index contributed by atoms with van der Waals surface area (Å²) in [7, 11) is 0. The third kappa shape index (κ3) is 5.48. The molecule has 1 aromatic heterocycles. The summed E-state index contributed by atoms with van der Waals surface area (Å²) < 4.78 is 8.43. The number of aryl methyl sites for hydroxylation is 2. The molecule has 0 spiro atoms. The van der Waals surface area contributed by atoms with Crippen molar-refractivity contribution in [2.24, 2.45) is 0 Å². The summed E-state index contributed by atoms with van der Waals surface area (Å²) >= 11 is 0. The first-order chi connectivity index (χ1) is 15.3. The fourth-order valence-corrected chi connectivity index (χ4v) is 4.68. The van der Waals surface area contributed by atoms with Crippen molar-refractivity contribution in [3.8, 4) is 5.75 Å². The highest BCUT2D eigenvalue weighted by Gasteiger charge is 2.23. The third-order valence-electron chi connectivity index (χ3n) is 6.62. The lowest BCUT2D eigenvalue weighted by atomic mass is 10.2. The first-order valence-electron chi connectivity index (χ1n) is 12.2. The van der Waals surface area contributed by atoms with Gasteiger partial charge in [-0.15, -0.1) is 0 Å². The molecule has 2 aromatic carbocycles. The first-order valence-corrected chi connectivity index (χ1v) is 12.2. The molecule has 1 unspecified atom stereocenters. The zero-order chi connectivity index (χ0) is 21.5. The van der Waals surface area contributed by atoms with E-state index in [0.29, 0.717) is 6.04 Å². The molecule has 0 radical (unpaired) electrons. The van der Waals surface area contributed by atoms with Crippen LogP contribution in [0.5, 0.6) is 5.75 Å². The summed E-state index contributed by atoms with van der Waals surface area (Å²) in [5.74, 6) is 2.19. The maximum atomic E-state index is 5.97. The lowest BCUT2D eigenvalue weighted by Crippen LogP contribution is -2.30.